The van der Waals surface area contributed by atoms with Crippen molar-refractivity contribution in [2.45, 2.75) is 43.5 Å². The second kappa shape index (κ2) is 8.19. The fraction of sp³-hybridized carbons (Fsp3) is 0.500. The molecule has 2 N–H and O–H groups in total. The molecule has 1 unspecified atom stereocenters. The highest BCUT2D eigenvalue weighted by Gasteiger charge is 2.17. The highest BCUT2D eigenvalue weighted by molar-refractivity contribution is 8.00. The van der Waals surface area contributed by atoms with Gasteiger partial charge in [0.25, 0.3) is 0 Å². The number of thiophene rings is 1. The van der Waals surface area contributed by atoms with Crippen LogP contribution in [0.3, 0.4) is 0 Å². The maximum atomic E-state index is 12.0. The van der Waals surface area contributed by atoms with E-state index in [0.29, 0.717) is 5.16 Å². The average Bonchev–Trinajstić information content (AvgIpc) is 3.13. The Morgan fingerprint density at radius 3 is 3.10 bits per heavy atom. The molecule has 2 aromatic heterocycles. The van der Waals surface area contributed by atoms with E-state index in [1.54, 1.807) is 11.3 Å². The predicted molar refractivity (Wildman–Crippen MR) is 87.5 cm³/mol. The molecule has 0 saturated heterocycles. The summed E-state index contributed by atoms with van der Waals surface area (Å²) in [6, 6.07) is 3.96. The van der Waals surface area contributed by atoms with E-state index in [1.807, 2.05) is 24.4 Å². The Hall–Kier alpha value is -1.34. The van der Waals surface area contributed by atoms with E-state index < -0.39 is 0 Å². The van der Waals surface area contributed by atoms with Gasteiger partial charge in [-0.15, -0.1) is 16.4 Å². The number of amides is 1. The van der Waals surface area contributed by atoms with Gasteiger partial charge in [-0.3, -0.25) is 9.89 Å². The third-order valence-corrected chi connectivity index (χ3v) is 4.79. The highest BCUT2D eigenvalue weighted by Crippen LogP contribution is 2.25. The second-order valence-electron chi connectivity index (χ2n) is 4.70. The topological polar surface area (TPSA) is 70.7 Å². The fourth-order valence-electron chi connectivity index (χ4n) is 1.76. The zero-order chi connectivity index (χ0) is 15.1. The number of H-pyrrole nitrogens is 1. The van der Waals surface area contributed by atoms with Gasteiger partial charge < -0.3 is 5.32 Å². The molecule has 5 nitrogen and oxygen atoms in total. The smallest absolute Gasteiger partial charge is 0.233 e. The Balaban J connectivity index is 1.82. The Morgan fingerprint density at radius 1 is 1.52 bits per heavy atom. The number of nitrogens with zero attached hydrogens (tertiary/aromatic N) is 2. The number of aromatic nitrogens is 3. The number of thioether (sulfide) groups is 1. The summed E-state index contributed by atoms with van der Waals surface area (Å²) in [4.78, 5) is 17.4. The van der Waals surface area contributed by atoms with Crippen molar-refractivity contribution in [3.63, 3.8) is 0 Å². The van der Waals surface area contributed by atoms with E-state index >= 15 is 0 Å². The first-order valence-corrected chi connectivity index (χ1v) is 8.87. The molecule has 21 heavy (non-hydrogen) atoms. The Bertz CT molecular complexity index is 553. The van der Waals surface area contributed by atoms with E-state index in [-0.39, 0.29) is 11.2 Å². The van der Waals surface area contributed by atoms with Crippen molar-refractivity contribution in [3.05, 3.63) is 17.5 Å². The lowest BCUT2D eigenvalue weighted by Gasteiger charge is -2.09. The number of carbonyl (C=O) groups is 1. The third kappa shape index (κ3) is 4.86. The fourth-order valence-corrected chi connectivity index (χ4v) is 3.18. The van der Waals surface area contributed by atoms with Crippen molar-refractivity contribution in [3.8, 4) is 10.7 Å². The number of hydrogen-bond acceptors (Lipinski definition) is 5. The SMILES string of the molecule is CCCCCNC(=O)C(C)Sc1n[nH]c(-c2cccs2)n1. The van der Waals surface area contributed by atoms with Crippen LogP contribution in [0.4, 0.5) is 0 Å². The second-order valence-corrected chi connectivity index (χ2v) is 6.96. The molecule has 0 aliphatic heterocycles. The van der Waals surface area contributed by atoms with Gasteiger partial charge in [-0.1, -0.05) is 37.6 Å². The molecule has 0 spiro atoms. The molecule has 0 fully saturated rings. The van der Waals surface area contributed by atoms with E-state index in [0.717, 1.165) is 36.5 Å². The summed E-state index contributed by atoms with van der Waals surface area (Å²) in [6.45, 7) is 4.77. The lowest BCUT2D eigenvalue weighted by molar-refractivity contribution is -0.120. The van der Waals surface area contributed by atoms with Crippen LogP contribution < -0.4 is 5.32 Å². The quantitative estimate of drug-likeness (QED) is 0.577. The van der Waals surface area contributed by atoms with Gasteiger partial charge in [-0.2, -0.15) is 0 Å². The normalized spacial score (nSPS) is 12.3. The molecule has 2 aromatic rings. The van der Waals surface area contributed by atoms with Crippen LogP contribution in [0.2, 0.25) is 0 Å². The summed E-state index contributed by atoms with van der Waals surface area (Å²) in [7, 11) is 0. The van der Waals surface area contributed by atoms with Crippen molar-refractivity contribution < 1.29 is 4.79 Å². The number of unbranched alkanes of at least 4 members (excludes halogenated alkanes) is 2. The van der Waals surface area contributed by atoms with Gasteiger partial charge in [0.2, 0.25) is 11.1 Å². The van der Waals surface area contributed by atoms with Gasteiger partial charge in [0.05, 0.1) is 10.1 Å². The summed E-state index contributed by atoms with van der Waals surface area (Å²) < 4.78 is 0. The van der Waals surface area contributed by atoms with Crippen LogP contribution in [0, 0.1) is 0 Å². The molecule has 1 atom stereocenters. The summed E-state index contributed by atoms with van der Waals surface area (Å²) in [5.41, 5.74) is 0. The van der Waals surface area contributed by atoms with Crippen LogP contribution in [0.5, 0.6) is 0 Å². The maximum Gasteiger partial charge on any atom is 0.233 e. The molecular weight excluding hydrogens is 304 g/mol. The Labute approximate surface area is 132 Å². The van der Waals surface area contributed by atoms with Gasteiger partial charge in [-0.05, 0) is 24.8 Å². The Morgan fingerprint density at radius 2 is 2.38 bits per heavy atom. The zero-order valence-electron chi connectivity index (χ0n) is 12.3. The van der Waals surface area contributed by atoms with E-state index in [9.17, 15) is 4.79 Å². The average molecular weight is 324 g/mol. The maximum absolute atomic E-state index is 12.0. The van der Waals surface area contributed by atoms with Gasteiger partial charge in [-0.25, -0.2) is 4.98 Å². The molecular formula is C14H20N4OS2. The molecule has 0 aliphatic carbocycles. The molecule has 0 aromatic carbocycles. The lowest BCUT2D eigenvalue weighted by Crippen LogP contribution is -2.31. The van der Waals surface area contributed by atoms with E-state index in [2.05, 4.69) is 27.4 Å². The van der Waals surface area contributed by atoms with Gasteiger partial charge in [0, 0.05) is 6.54 Å². The van der Waals surface area contributed by atoms with Crippen molar-refractivity contribution in [1.29, 1.82) is 0 Å². The molecule has 0 aliphatic rings. The van der Waals surface area contributed by atoms with Gasteiger partial charge >= 0.3 is 0 Å². The van der Waals surface area contributed by atoms with Crippen LogP contribution in [-0.4, -0.2) is 32.9 Å². The zero-order valence-corrected chi connectivity index (χ0v) is 13.9. The standard InChI is InChI=1S/C14H20N4OS2/c1-3-4-5-8-15-13(19)10(2)21-14-16-12(17-18-14)11-7-6-9-20-11/h6-7,9-10H,3-5,8H2,1-2H3,(H,15,19)(H,16,17,18). The summed E-state index contributed by atoms with van der Waals surface area (Å²) >= 11 is 2.98. The first-order valence-electron chi connectivity index (χ1n) is 7.11. The molecule has 0 saturated carbocycles. The molecule has 7 heteroatoms. The predicted octanol–water partition coefficient (Wildman–Crippen LogP) is 3.32. The van der Waals surface area contributed by atoms with Gasteiger partial charge in [0.1, 0.15) is 0 Å². The van der Waals surface area contributed by atoms with Crippen molar-refractivity contribution in [2.75, 3.05) is 6.54 Å². The van der Waals surface area contributed by atoms with Crippen molar-refractivity contribution >= 4 is 29.0 Å². The Kier molecular flexibility index (Phi) is 6.25. The number of carbonyl (C=O) groups excluding carboxylic acids is 1. The minimum atomic E-state index is -0.196. The first-order chi connectivity index (χ1) is 10.2. The molecule has 2 heterocycles. The molecule has 1 amide bonds. The number of aromatic amines is 1. The minimum Gasteiger partial charge on any atom is -0.355 e. The monoisotopic (exact) mass is 324 g/mol. The van der Waals surface area contributed by atoms with Gasteiger partial charge in [0.15, 0.2) is 5.82 Å². The highest BCUT2D eigenvalue weighted by atomic mass is 32.2. The first kappa shape index (κ1) is 16.0. The number of nitrogens with one attached hydrogen (secondary N) is 2. The molecule has 0 radical (unpaired) electrons. The largest absolute Gasteiger partial charge is 0.355 e. The van der Waals surface area contributed by atoms with E-state index in [1.165, 1.54) is 11.8 Å². The van der Waals surface area contributed by atoms with Crippen LogP contribution in [-0.2, 0) is 4.79 Å². The molecule has 114 valence electrons. The van der Waals surface area contributed by atoms with Crippen LogP contribution in [0.25, 0.3) is 10.7 Å². The minimum absolute atomic E-state index is 0.0403. The number of hydrogen-bond donors (Lipinski definition) is 2. The summed E-state index contributed by atoms with van der Waals surface area (Å²) in [6.07, 6.45) is 3.33. The van der Waals surface area contributed by atoms with Crippen LogP contribution in [0.1, 0.15) is 33.1 Å². The van der Waals surface area contributed by atoms with E-state index in [4.69, 9.17) is 0 Å². The molecule has 0 bridgehead atoms. The summed E-state index contributed by atoms with van der Waals surface area (Å²) in [5.74, 6) is 0.793. The van der Waals surface area contributed by atoms with Crippen LogP contribution in [0.15, 0.2) is 22.7 Å². The van der Waals surface area contributed by atoms with Crippen molar-refractivity contribution in [2.24, 2.45) is 0 Å². The molecule has 2 rings (SSSR count). The van der Waals surface area contributed by atoms with Crippen LogP contribution >= 0.6 is 23.1 Å². The third-order valence-electron chi connectivity index (χ3n) is 2.95. The van der Waals surface area contributed by atoms with Crippen molar-refractivity contribution in [1.82, 2.24) is 20.5 Å². The number of rotatable bonds is 8. The lowest BCUT2D eigenvalue weighted by atomic mass is 10.2. The summed E-state index contributed by atoms with van der Waals surface area (Å²) in [5, 5.41) is 12.4.